The normalized spacial score (nSPS) is 18.5. The molecule has 0 aromatic heterocycles. The largest absolute Gasteiger partial charge is 0.495 e. The number of hydrogen-bond acceptors (Lipinski definition) is 5. The molecule has 36 heavy (non-hydrogen) atoms. The molecule has 2 aromatic carbocycles. The Kier molecular flexibility index (Phi) is 8.21. The fourth-order valence-corrected chi connectivity index (χ4v) is 4.73. The van der Waals surface area contributed by atoms with Crippen LogP contribution >= 0.6 is 0 Å². The van der Waals surface area contributed by atoms with Crippen LogP contribution in [-0.2, 0) is 0 Å². The number of hydrogen-bond donors (Lipinski definition) is 0. The number of ether oxygens (including phenoxy) is 2. The predicted octanol–water partition coefficient (Wildman–Crippen LogP) is 4.41. The molecule has 10 heteroatoms. The van der Waals surface area contributed by atoms with E-state index in [0.29, 0.717) is 25.9 Å². The van der Waals surface area contributed by atoms with Gasteiger partial charge in [0.25, 0.3) is 0 Å². The molecule has 0 radical (unpaired) electrons. The first-order valence-corrected chi connectivity index (χ1v) is 11.8. The van der Waals surface area contributed by atoms with Crippen LogP contribution in [0.5, 0.6) is 11.5 Å². The molecule has 0 bridgehead atoms. The van der Waals surface area contributed by atoms with E-state index in [2.05, 4.69) is 26.5 Å². The van der Waals surface area contributed by atoms with Gasteiger partial charge in [-0.3, -0.25) is 9.80 Å². The summed E-state index contributed by atoms with van der Waals surface area (Å²) < 4.78 is 79.1. The third-order valence-electron chi connectivity index (χ3n) is 6.64. The molecule has 0 amide bonds. The molecule has 0 N–H and O–H groups in total. The van der Waals surface area contributed by atoms with E-state index in [-0.39, 0.29) is 6.17 Å². The van der Waals surface area contributed by atoms with Crippen LogP contribution < -0.4 is 14.4 Å². The third kappa shape index (κ3) is 5.22. The maximum atomic E-state index is 14.0. The summed E-state index contributed by atoms with van der Waals surface area (Å²) in [5.41, 5.74) is 1.05. The first-order chi connectivity index (χ1) is 17.3. The molecule has 0 saturated carbocycles. The zero-order valence-corrected chi connectivity index (χ0v) is 20.2. The van der Waals surface area contributed by atoms with Crippen LogP contribution in [0.2, 0.25) is 0 Å². The number of para-hydroxylation sites is 2. The molecular weight excluding hydrogens is 481 g/mol. The zero-order chi connectivity index (χ0) is 25.8. The van der Waals surface area contributed by atoms with Gasteiger partial charge >= 0.3 is 0 Å². The Labute approximate surface area is 207 Å². The third-order valence-corrected chi connectivity index (χ3v) is 6.64. The Morgan fingerprint density at radius 1 is 0.806 bits per heavy atom. The summed E-state index contributed by atoms with van der Waals surface area (Å²) in [5.74, 6) is -4.25. The minimum atomic E-state index is -2.20. The van der Waals surface area contributed by atoms with Crippen molar-refractivity contribution >= 4 is 5.69 Å². The lowest BCUT2D eigenvalue weighted by molar-refractivity contribution is 0.0251. The Morgan fingerprint density at radius 3 is 1.94 bits per heavy atom. The van der Waals surface area contributed by atoms with Gasteiger partial charge in [0.05, 0.1) is 12.8 Å². The number of anilines is 1. The van der Waals surface area contributed by atoms with Crippen molar-refractivity contribution in [2.45, 2.75) is 32.0 Å². The van der Waals surface area contributed by atoms with E-state index in [1.807, 2.05) is 24.3 Å². The highest BCUT2D eigenvalue weighted by Gasteiger charge is 2.33. The van der Waals surface area contributed by atoms with Crippen molar-refractivity contribution in [1.29, 1.82) is 0 Å². The van der Waals surface area contributed by atoms with Crippen LogP contribution in [0.15, 0.2) is 24.3 Å². The quantitative estimate of drug-likeness (QED) is 0.249. The van der Waals surface area contributed by atoms with Crippen LogP contribution in [0.1, 0.15) is 19.8 Å². The molecule has 2 aromatic rings. The second-order valence-electron chi connectivity index (χ2n) is 8.72. The topological polar surface area (TPSA) is 28.2 Å². The van der Waals surface area contributed by atoms with Crippen LogP contribution in [0, 0.1) is 40.9 Å². The fourth-order valence-electron chi connectivity index (χ4n) is 4.73. The van der Waals surface area contributed by atoms with E-state index in [0.717, 1.165) is 37.6 Å². The number of rotatable bonds is 6. The van der Waals surface area contributed by atoms with Crippen LogP contribution in [0.3, 0.4) is 0 Å². The van der Waals surface area contributed by atoms with Crippen molar-refractivity contribution < 1.29 is 31.4 Å². The average Bonchev–Trinajstić information content (AvgIpc) is 2.92. The molecule has 5 nitrogen and oxygen atoms in total. The number of piperidine rings is 1. The summed E-state index contributed by atoms with van der Waals surface area (Å²) in [6.45, 7) is 5.93. The van der Waals surface area contributed by atoms with Crippen molar-refractivity contribution in [3.05, 3.63) is 53.4 Å². The minimum absolute atomic E-state index is 0.148. The maximum absolute atomic E-state index is 14.0. The summed E-state index contributed by atoms with van der Waals surface area (Å²) in [6.07, 6.45) is -0.0948. The second kappa shape index (κ2) is 11.4. The Balaban J connectivity index is 1.37. The van der Waals surface area contributed by atoms with E-state index in [9.17, 15) is 22.0 Å². The summed E-state index contributed by atoms with van der Waals surface area (Å²) in [4.78, 5) is 6.72. The first kappa shape index (κ1) is 26.0. The van der Waals surface area contributed by atoms with Gasteiger partial charge in [0.2, 0.25) is 29.1 Å². The van der Waals surface area contributed by atoms with Gasteiger partial charge in [-0.05, 0) is 31.9 Å². The van der Waals surface area contributed by atoms with E-state index >= 15 is 0 Å². The molecule has 0 spiro atoms. The SMILES string of the molecule is CC#CC(N1CCC(Oc2c(F)c(F)c(F)c(F)c2F)CC1)N1CCN(c2ccccc2OC)CC1. The molecule has 2 heterocycles. The highest BCUT2D eigenvalue weighted by molar-refractivity contribution is 5.58. The number of piperazine rings is 1. The smallest absolute Gasteiger partial charge is 0.207 e. The van der Waals surface area contributed by atoms with Crippen LogP contribution in [-0.4, -0.2) is 68.4 Å². The maximum Gasteiger partial charge on any atom is 0.207 e. The summed E-state index contributed by atoms with van der Waals surface area (Å²) in [6, 6.07) is 7.89. The molecule has 4 rings (SSSR count). The van der Waals surface area contributed by atoms with Crippen molar-refractivity contribution in [3.8, 4) is 23.3 Å². The average molecular weight is 510 g/mol. The lowest BCUT2D eigenvalue weighted by Crippen LogP contribution is -2.57. The second-order valence-corrected chi connectivity index (χ2v) is 8.72. The van der Waals surface area contributed by atoms with Crippen molar-refractivity contribution in [2.75, 3.05) is 51.3 Å². The van der Waals surface area contributed by atoms with Crippen LogP contribution in [0.4, 0.5) is 27.6 Å². The Hall–Kier alpha value is -3.03. The van der Waals surface area contributed by atoms with Crippen molar-refractivity contribution in [1.82, 2.24) is 9.80 Å². The molecule has 2 saturated heterocycles. The summed E-state index contributed by atoms with van der Waals surface area (Å²) in [5, 5.41) is 0. The van der Waals surface area contributed by atoms with Gasteiger partial charge in [0.1, 0.15) is 18.0 Å². The highest BCUT2D eigenvalue weighted by Crippen LogP contribution is 2.32. The molecule has 1 unspecified atom stereocenters. The molecule has 2 fully saturated rings. The lowest BCUT2D eigenvalue weighted by atomic mass is 10.1. The number of benzene rings is 2. The van der Waals surface area contributed by atoms with Gasteiger partial charge in [0, 0.05) is 39.3 Å². The molecule has 2 aliphatic rings. The minimum Gasteiger partial charge on any atom is -0.495 e. The number of halogens is 5. The van der Waals surface area contributed by atoms with E-state index in [1.165, 1.54) is 0 Å². The van der Waals surface area contributed by atoms with Crippen molar-refractivity contribution in [3.63, 3.8) is 0 Å². The highest BCUT2D eigenvalue weighted by atomic mass is 19.2. The molecular formula is C26H28F5N3O2. The van der Waals surface area contributed by atoms with Gasteiger partial charge in [0.15, 0.2) is 5.75 Å². The monoisotopic (exact) mass is 509 g/mol. The first-order valence-electron chi connectivity index (χ1n) is 11.8. The number of likely N-dealkylation sites (tertiary alicyclic amines) is 1. The van der Waals surface area contributed by atoms with Gasteiger partial charge in [-0.25, -0.2) is 13.2 Å². The van der Waals surface area contributed by atoms with E-state index in [4.69, 9.17) is 9.47 Å². The molecule has 2 aliphatic heterocycles. The van der Waals surface area contributed by atoms with E-state index < -0.39 is 40.9 Å². The number of nitrogens with zero attached hydrogens (tertiary/aromatic N) is 3. The van der Waals surface area contributed by atoms with Crippen LogP contribution in [0.25, 0.3) is 0 Å². The zero-order valence-electron chi connectivity index (χ0n) is 20.2. The summed E-state index contributed by atoms with van der Waals surface area (Å²) >= 11 is 0. The lowest BCUT2D eigenvalue weighted by Gasteiger charge is -2.44. The molecule has 194 valence electrons. The predicted molar refractivity (Wildman–Crippen MR) is 125 cm³/mol. The number of methoxy groups -OCH3 is 1. The molecule has 0 aliphatic carbocycles. The van der Waals surface area contributed by atoms with Gasteiger partial charge in [-0.2, -0.15) is 8.78 Å². The standard InChI is InChI=1S/C26H28F5N3O2/c1-3-6-20(34-15-13-32(14-16-34)18-7-4-5-8-19(18)35-2)33-11-9-17(10-12-33)36-26-24(30)22(28)21(27)23(29)25(26)31/h4-5,7-8,17,20H,9-16H2,1-2H3. The van der Waals surface area contributed by atoms with Gasteiger partial charge in [-0.15, -0.1) is 5.92 Å². The summed E-state index contributed by atoms with van der Waals surface area (Å²) in [7, 11) is 1.65. The van der Waals surface area contributed by atoms with Gasteiger partial charge in [-0.1, -0.05) is 18.1 Å². The Morgan fingerprint density at radius 2 is 1.36 bits per heavy atom. The fraction of sp³-hybridized carbons (Fsp3) is 0.462. The Bertz CT molecular complexity index is 1110. The van der Waals surface area contributed by atoms with Crippen molar-refractivity contribution in [2.24, 2.45) is 0 Å². The van der Waals surface area contributed by atoms with E-state index in [1.54, 1.807) is 14.0 Å². The van der Waals surface area contributed by atoms with Gasteiger partial charge < -0.3 is 14.4 Å². The molecule has 1 atom stereocenters.